The lowest BCUT2D eigenvalue weighted by molar-refractivity contribution is 0.673. The van der Waals surface area contributed by atoms with E-state index in [0.29, 0.717) is 5.56 Å². The molecule has 8 aromatic carbocycles. The molecule has 0 saturated heterocycles. The van der Waals surface area contributed by atoms with Crippen LogP contribution < -0.4 is 0 Å². The third kappa shape index (κ3) is 3.30. The quantitative estimate of drug-likeness (QED) is 0.162. The van der Waals surface area contributed by atoms with Crippen LogP contribution in [0.15, 0.2) is 150 Å². The van der Waals surface area contributed by atoms with Gasteiger partial charge >= 0.3 is 0 Å². The average Bonchev–Trinajstić information content (AvgIpc) is 3.48. The van der Waals surface area contributed by atoms with E-state index in [-0.39, 0.29) is 29.7 Å². The second-order valence-electron chi connectivity index (χ2n) is 10.5. The number of furan rings is 1. The van der Waals surface area contributed by atoms with Gasteiger partial charge in [0.1, 0.15) is 11.2 Å². The number of benzene rings is 8. The second kappa shape index (κ2) is 8.55. The van der Waals surface area contributed by atoms with Gasteiger partial charge in [-0.3, -0.25) is 0 Å². The van der Waals surface area contributed by atoms with Crippen LogP contribution in [-0.4, -0.2) is 0 Å². The normalized spacial score (nSPS) is 13.6. The summed E-state index contributed by atoms with van der Waals surface area (Å²) in [6, 6.07) is 38.2. The maximum Gasteiger partial charge on any atom is 0.143 e. The van der Waals surface area contributed by atoms with E-state index in [1.54, 1.807) is 0 Å². The van der Waals surface area contributed by atoms with Crippen LogP contribution in [0.2, 0.25) is 0 Å². The van der Waals surface area contributed by atoms with Crippen LogP contribution in [0.1, 0.15) is 6.85 Å². The Morgan fingerprint density at radius 2 is 1.20 bits per heavy atom. The molecule has 1 heterocycles. The predicted molar refractivity (Wildman–Crippen MR) is 175 cm³/mol. The van der Waals surface area contributed by atoms with Gasteiger partial charge in [0.15, 0.2) is 0 Å². The predicted octanol–water partition coefficient (Wildman–Crippen LogP) is 11.5. The molecule has 0 aliphatic heterocycles. The highest BCUT2D eigenvalue weighted by Gasteiger charge is 2.19. The molecule has 0 atom stereocenters. The zero-order chi connectivity index (χ0) is 31.3. The van der Waals surface area contributed by atoms with Gasteiger partial charge in [-0.05, 0) is 90.3 Å². The summed E-state index contributed by atoms with van der Waals surface area (Å²) in [5, 5.41) is 11.0. The molecule has 0 radical (unpaired) electrons. The first-order chi connectivity index (χ1) is 22.4. The van der Waals surface area contributed by atoms with Crippen LogP contribution in [0.25, 0.3) is 87.3 Å². The standard InChI is InChI=1S/C40H24O/c1-2-9-25(10-3-1)27-18-20-32-29(23-27)19-22-35-39-34(15-8-16-37(39)41-40(32)35)38-31-14-7-5-12-28(31)24-36-30-13-6-4-11-26(30)17-21-33(36)38/h1-24H/i1D,2D,3D,9D,10D. The van der Waals surface area contributed by atoms with E-state index in [2.05, 4.69) is 78.9 Å². The Hall–Kier alpha value is -5.40. The number of fused-ring (bicyclic) bond motifs is 9. The Bertz CT molecular complexity index is 2730. The third-order valence-electron chi connectivity index (χ3n) is 8.31. The summed E-state index contributed by atoms with van der Waals surface area (Å²) < 4.78 is 47.7. The van der Waals surface area contributed by atoms with Gasteiger partial charge in [-0.1, -0.05) is 115 Å². The lowest BCUT2D eigenvalue weighted by Gasteiger charge is -2.15. The van der Waals surface area contributed by atoms with Crippen molar-refractivity contribution in [1.82, 2.24) is 0 Å². The highest BCUT2D eigenvalue weighted by Crippen LogP contribution is 2.45. The van der Waals surface area contributed by atoms with E-state index in [4.69, 9.17) is 11.3 Å². The Morgan fingerprint density at radius 3 is 2.10 bits per heavy atom. The van der Waals surface area contributed by atoms with Gasteiger partial charge in [-0.2, -0.15) is 0 Å². The summed E-state index contributed by atoms with van der Waals surface area (Å²) in [4.78, 5) is 0. The molecule has 0 bridgehead atoms. The van der Waals surface area contributed by atoms with E-state index in [9.17, 15) is 0 Å². The van der Waals surface area contributed by atoms with Crippen molar-refractivity contribution >= 4 is 65.0 Å². The molecule has 0 saturated carbocycles. The van der Waals surface area contributed by atoms with Crippen molar-refractivity contribution in [3.63, 3.8) is 0 Å². The molecule has 9 aromatic rings. The molecule has 0 N–H and O–H groups in total. The minimum absolute atomic E-state index is 0.190. The fourth-order valence-corrected chi connectivity index (χ4v) is 6.48. The Kier molecular flexibility index (Phi) is 3.76. The number of rotatable bonds is 2. The molecule has 41 heavy (non-hydrogen) atoms. The molecule has 0 fully saturated rings. The molecule has 0 unspecified atom stereocenters. The monoisotopic (exact) mass is 525 g/mol. The van der Waals surface area contributed by atoms with Crippen molar-refractivity contribution in [3.8, 4) is 22.3 Å². The van der Waals surface area contributed by atoms with Crippen LogP contribution in [0.3, 0.4) is 0 Å². The minimum Gasteiger partial charge on any atom is -0.455 e. The Balaban J connectivity index is 1.33. The van der Waals surface area contributed by atoms with Crippen molar-refractivity contribution < 1.29 is 11.3 Å². The van der Waals surface area contributed by atoms with Gasteiger partial charge in [-0.15, -0.1) is 0 Å². The van der Waals surface area contributed by atoms with E-state index in [1.807, 2.05) is 36.4 Å². The van der Waals surface area contributed by atoms with Crippen LogP contribution in [0, 0.1) is 0 Å². The van der Waals surface area contributed by atoms with Crippen molar-refractivity contribution in [2.75, 3.05) is 0 Å². The number of hydrogen-bond donors (Lipinski definition) is 0. The zero-order valence-corrected chi connectivity index (χ0v) is 21.9. The first-order valence-electron chi connectivity index (χ1n) is 16.2. The van der Waals surface area contributed by atoms with Crippen molar-refractivity contribution in [3.05, 3.63) is 145 Å². The van der Waals surface area contributed by atoms with Gasteiger partial charge < -0.3 is 4.42 Å². The third-order valence-corrected chi connectivity index (χ3v) is 8.31. The van der Waals surface area contributed by atoms with Crippen LogP contribution in [0.5, 0.6) is 0 Å². The zero-order valence-electron chi connectivity index (χ0n) is 26.9. The topological polar surface area (TPSA) is 13.1 Å². The summed E-state index contributed by atoms with van der Waals surface area (Å²) in [6.45, 7) is 0. The molecule has 1 heteroatoms. The summed E-state index contributed by atoms with van der Waals surface area (Å²) in [5.74, 6) is 0. The van der Waals surface area contributed by atoms with E-state index >= 15 is 0 Å². The highest BCUT2D eigenvalue weighted by molar-refractivity contribution is 6.26. The van der Waals surface area contributed by atoms with Crippen molar-refractivity contribution in [1.29, 1.82) is 0 Å². The first-order valence-corrected chi connectivity index (χ1v) is 13.7. The first kappa shape index (κ1) is 18.0. The summed E-state index contributed by atoms with van der Waals surface area (Å²) >= 11 is 0. The summed E-state index contributed by atoms with van der Waals surface area (Å²) in [6.07, 6.45) is 0. The fraction of sp³-hybridized carbons (Fsp3) is 0. The van der Waals surface area contributed by atoms with Gasteiger partial charge in [-0.25, -0.2) is 0 Å². The Labute approximate surface area is 243 Å². The minimum atomic E-state index is -0.397. The summed E-state index contributed by atoms with van der Waals surface area (Å²) in [5.41, 5.74) is 4.57. The largest absolute Gasteiger partial charge is 0.455 e. The van der Waals surface area contributed by atoms with Gasteiger partial charge in [0, 0.05) is 16.2 Å². The fourth-order valence-electron chi connectivity index (χ4n) is 6.48. The molecular formula is C40H24O. The lowest BCUT2D eigenvalue weighted by Crippen LogP contribution is -1.88. The molecule has 0 spiro atoms. The Morgan fingerprint density at radius 1 is 0.463 bits per heavy atom. The lowest BCUT2D eigenvalue weighted by atomic mass is 9.88. The maximum atomic E-state index is 8.46. The second-order valence-corrected chi connectivity index (χ2v) is 10.5. The molecule has 0 amide bonds. The summed E-state index contributed by atoms with van der Waals surface area (Å²) in [7, 11) is 0. The van der Waals surface area contributed by atoms with E-state index in [0.717, 1.165) is 38.3 Å². The van der Waals surface area contributed by atoms with Gasteiger partial charge in [0.2, 0.25) is 0 Å². The molecule has 0 aliphatic carbocycles. The average molecular weight is 526 g/mol. The smallest absolute Gasteiger partial charge is 0.143 e. The van der Waals surface area contributed by atoms with Gasteiger partial charge in [0.25, 0.3) is 0 Å². The van der Waals surface area contributed by atoms with Crippen molar-refractivity contribution in [2.24, 2.45) is 0 Å². The molecule has 190 valence electrons. The highest BCUT2D eigenvalue weighted by atomic mass is 16.3. The molecule has 1 nitrogen and oxygen atoms in total. The molecule has 1 aromatic heterocycles. The van der Waals surface area contributed by atoms with E-state index < -0.39 is 6.04 Å². The maximum absolute atomic E-state index is 8.46. The molecule has 0 aliphatic rings. The number of hydrogen-bond acceptors (Lipinski definition) is 1. The SMILES string of the molecule is [2H]c1c([2H])c([2H])c(-c2ccc3c(ccc4c3oc3cccc(-c5c6ccccc6cc6c5ccc5ccccc56)c34)c2)c([2H])c1[2H]. The van der Waals surface area contributed by atoms with Gasteiger partial charge in [0.05, 0.1) is 6.85 Å². The van der Waals surface area contributed by atoms with E-state index in [1.165, 1.54) is 37.9 Å². The van der Waals surface area contributed by atoms with Crippen molar-refractivity contribution in [2.45, 2.75) is 0 Å². The molecule has 9 rings (SSSR count). The van der Waals surface area contributed by atoms with Crippen LogP contribution >= 0.6 is 0 Å². The molecular weight excluding hydrogens is 496 g/mol. The van der Waals surface area contributed by atoms with Crippen LogP contribution in [0.4, 0.5) is 0 Å². The van der Waals surface area contributed by atoms with Crippen LogP contribution in [-0.2, 0) is 0 Å².